The maximum Gasteiger partial charge on any atom is 0.151 e. The van der Waals surface area contributed by atoms with Crippen LogP contribution in [0.4, 0.5) is 0 Å². The molecule has 0 aliphatic rings. The third-order valence-electron chi connectivity index (χ3n) is 2.58. The van der Waals surface area contributed by atoms with E-state index in [9.17, 15) is 0 Å². The third-order valence-corrected chi connectivity index (χ3v) is 2.58. The van der Waals surface area contributed by atoms with Crippen molar-refractivity contribution in [2.24, 2.45) is 7.05 Å². The summed E-state index contributed by atoms with van der Waals surface area (Å²) in [5.41, 5.74) is 1.86. The van der Waals surface area contributed by atoms with Crippen molar-refractivity contribution in [1.29, 1.82) is 5.26 Å². The van der Waals surface area contributed by atoms with Crippen molar-refractivity contribution in [3.63, 3.8) is 0 Å². The molecule has 1 N–H and O–H groups in total. The van der Waals surface area contributed by atoms with E-state index >= 15 is 0 Å². The van der Waals surface area contributed by atoms with Crippen LogP contribution < -0.4 is 5.32 Å². The van der Waals surface area contributed by atoms with Gasteiger partial charge in [-0.25, -0.2) is 4.98 Å². The molecule has 0 atom stereocenters. The normalized spacial score (nSPS) is 10.2. The lowest BCUT2D eigenvalue weighted by Crippen LogP contribution is -2.17. The molecule has 5 nitrogen and oxygen atoms in total. The van der Waals surface area contributed by atoms with E-state index in [1.54, 1.807) is 11.0 Å². The van der Waals surface area contributed by atoms with Crippen molar-refractivity contribution in [3.05, 3.63) is 47.5 Å². The van der Waals surface area contributed by atoms with Crippen LogP contribution >= 0.6 is 0 Å². The highest BCUT2D eigenvalue weighted by molar-refractivity contribution is 5.31. The van der Waals surface area contributed by atoms with Gasteiger partial charge in [0.15, 0.2) is 5.82 Å². The number of hydrogen-bond acceptors (Lipinski definition) is 4. The maximum absolute atomic E-state index is 8.69. The van der Waals surface area contributed by atoms with Crippen molar-refractivity contribution in [3.8, 4) is 6.07 Å². The number of aromatic nitrogens is 3. The zero-order valence-corrected chi connectivity index (χ0v) is 10.3. The predicted octanol–water partition coefficient (Wildman–Crippen LogP) is 1.02. The summed E-state index contributed by atoms with van der Waals surface area (Å²) in [6.07, 6.45) is 2.52. The molecule has 0 aliphatic heterocycles. The molecule has 0 spiro atoms. The van der Waals surface area contributed by atoms with Gasteiger partial charge in [-0.15, -0.1) is 0 Å². The molecule has 0 saturated carbocycles. The van der Waals surface area contributed by atoms with Crippen LogP contribution in [0.25, 0.3) is 0 Å². The third kappa shape index (κ3) is 3.40. The SMILES string of the molecule is Cn1cnc(CCNCc2ccc(C#N)cc2)n1. The monoisotopic (exact) mass is 241 g/mol. The number of rotatable bonds is 5. The molecular formula is C13H15N5. The molecule has 1 heterocycles. The summed E-state index contributed by atoms with van der Waals surface area (Å²) in [5.74, 6) is 0.852. The van der Waals surface area contributed by atoms with Crippen molar-refractivity contribution < 1.29 is 0 Å². The lowest BCUT2D eigenvalue weighted by atomic mass is 10.1. The summed E-state index contributed by atoms with van der Waals surface area (Å²) in [4.78, 5) is 4.16. The van der Waals surface area contributed by atoms with Crippen molar-refractivity contribution in [2.45, 2.75) is 13.0 Å². The number of nitrogens with zero attached hydrogens (tertiary/aromatic N) is 4. The van der Waals surface area contributed by atoms with Crippen LogP contribution in [0.1, 0.15) is 17.0 Å². The van der Waals surface area contributed by atoms with Gasteiger partial charge >= 0.3 is 0 Å². The van der Waals surface area contributed by atoms with Crippen molar-refractivity contribution in [2.75, 3.05) is 6.54 Å². The van der Waals surface area contributed by atoms with Gasteiger partial charge in [0.05, 0.1) is 11.6 Å². The summed E-state index contributed by atoms with van der Waals surface area (Å²) < 4.78 is 1.70. The van der Waals surface area contributed by atoms with Crippen LogP contribution in [0.2, 0.25) is 0 Å². The van der Waals surface area contributed by atoms with E-state index < -0.39 is 0 Å². The minimum atomic E-state index is 0.691. The molecule has 0 radical (unpaired) electrons. The number of nitriles is 1. The second-order valence-corrected chi connectivity index (χ2v) is 4.07. The van der Waals surface area contributed by atoms with Crippen LogP contribution in [0.3, 0.4) is 0 Å². The average molecular weight is 241 g/mol. The smallest absolute Gasteiger partial charge is 0.151 e. The van der Waals surface area contributed by atoms with Gasteiger partial charge in [-0.2, -0.15) is 10.4 Å². The zero-order valence-electron chi connectivity index (χ0n) is 10.3. The Bertz CT molecular complexity index is 535. The molecule has 0 fully saturated rings. The highest BCUT2D eigenvalue weighted by atomic mass is 15.3. The molecule has 0 amide bonds. The van der Waals surface area contributed by atoms with Crippen molar-refractivity contribution >= 4 is 0 Å². The predicted molar refractivity (Wildman–Crippen MR) is 67.6 cm³/mol. The van der Waals surface area contributed by atoms with Crippen LogP contribution in [-0.2, 0) is 20.0 Å². The van der Waals surface area contributed by atoms with Gasteiger partial charge in [-0.3, -0.25) is 4.68 Å². The number of nitrogens with one attached hydrogen (secondary N) is 1. The first-order chi connectivity index (χ1) is 8.78. The second kappa shape index (κ2) is 5.94. The molecule has 5 heteroatoms. The second-order valence-electron chi connectivity index (χ2n) is 4.07. The summed E-state index contributed by atoms with van der Waals surface area (Å²) in [6.45, 7) is 1.63. The minimum Gasteiger partial charge on any atom is -0.312 e. The first-order valence-electron chi connectivity index (χ1n) is 5.82. The van der Waals surface area contributed by atoms with Crippen LogP contribution in [0.15, 0.2) is 30.6 Å². The number of aryl methyl sites for hydroxylation is 1. The molecule has 0 aliphatic carbocycles. The van der Waals surface area contributed by atoms with Gasteiger partial charge in [-0.05, 0) is 17.7 Å². The maximum atomic E-state index is 8.69. The van der Waals surface area contributed by atoms with E-state index in [0.717, 1.165) is 25.3 Å². The molecule has 1 aromatic heterocycles. The van der Waals surface area contributed by atoms with Gasteiger partial charge in [0, 0.05) is 26.6 Å². The number of hydrogen-bond donors (Lipinski definition) is 1. The highest BCUT2D eigenvalue weighted by Crippen LogP contribution is 2.02. The van der Waals surface area contributed by atoms with E-state index in [1.807, 2.05) is 31.3 Å². The number of benzene rings is 1. The van der Waals surface area contributed by atoms with E-state index in [4.69, 9.17) is 5.26 Å². The fourth-order valence-corrected chi connectivity index (χ4v) is 1.63. The molecule has 0 bridgehead atoms. The van der Waals surface area contributed by atoms with Gasteiger partial charge < -0.3 is 5.32 Å². The van der Waals surface area contributed by atoms with Crippen molar-refractivity contribution in [1.82, 2.24) is 20.1 Å². The fraction of sp³-hybridized carbons (Fsp3) is 0.308. The summed E-state index contributed by atoms with van der Waals surface area (Å²) >= 11 is 0. The Morgan fingerprint density at radius 3 is 2.72 bits per heavy atom. The lowest BCUT2D eigenvalue weighted by molar-refractivity contribution is 0.661. The summed E-state index contributed by atoms with van der Waals surface area (Å²) in [5, 5.41) is 16.2. The molecular weight excluding hydrogens is 226 g/mol. The molecule has 2 rings (SSSR count). The Hall–Kier alpha value is -2.19. The fourth-order valence-electron chi connectivity index (χ4n) is 1.63. The van der Waals surface area contributed by atoms with Gasteiger partial charge in [-0.1, -0.05) is 12.1 Å². The zero-order chi connectivity index (χ0) is 12.8. The Labute approximate surface area is 106 Å². The van der Waals surface area contributed by atoms with E-state index in [-0.39, 0.29) is 0 Å². The first kappa shape index (κ1) is 12.3. The lowest BCUT2D eigenvalue weighted by Gasteiger charge is -2.03. The Kier molecular flexibility index (Phi) is 4.05. The average Bonchev–Trinajstić information content (AvgIpc) is 2.81. The van der Waals surface area contributed by atoms with Gasteiger partial charge in [0.1, 0.15) is 6.33 Å². The Balaban J connectivity index is 1.73. The topological polar surface area (TPSA) is 66.5 Å². The van der Waals surface area contributed by atoms with E-state index in [2.05, 4.69) is 21.5 Å². The first-order valence-corrected chi connectivity index (χ1v) is 5.82. The van der Waals surface area contributed by atoms with E-state index in [0.29, 0.717) is 5.56 Å². The summed E-state index contributed by atoms with van der Waals surface area (Å²) in [7, 11) is 1.86. The van der Waals surface area contributed by atoms with Gasteiger partial charge in [0.2, 0.25) is 0 Å². The van der Waals surface area contributed by atoms with Gasteiger partial charge in [0.25, 0.3) is 0 Å². The molecule has 92 valence electrons. The standard InChI is InChI=1S/C13H15N5/c1-18-10-16-13(17-18)6-7-15-9-12-4-2-11(8-14)3-5-12/h2-5,10,15H,6-7,9H2,1H3. The largest absolute Gasteiger partial charge is 0.312 e. The molecule has 2 aromatic rings. The van der Waals surface area contributed by atoms with Crippen LogP contribution in [0, 0.1) is 11.3 Å². The molecule has 1 aromatic carbocycles. The minimum absolute atomic E-state index is 0.691. The van der Waals surface area contributed by atoms with Crippen LogP contribution in [0.5, 0.6) is 0 Å². The molecule has 0 saturated heterocycles. The Morgan fingerprint density at radius 2 is 2.11 bits per heavy atom. The quantitative estimate of drug-likeness (QED) is 0.794. The highest BCUT2D eigenvalue weighted by Gasteiger charge is 1.98. The Morgan fingerprint density at radius 1 is 1.33 bits per heavy atom. The van der Waals surface area contributed by atoms with Crippen LogP contribution in [-0.4, -0.2) is 21.3 Å². The molecule has 18 heavy (non-hydrogen) atoms. The summed E-state index contributed by atoms with van der Waals surface area (Å²) in [6, 6.07) is 9.69. The van der Waals surface area contributed by atoms with E-state index in [1.165, 1.54) is 5.56 Å². The molecule has 0 unspecified atom stereocenters.